The van der Waals surface area contributed by atoms with Crippen LogP contribution in [0.15, 0.2) is 18.2 Å². The minimum absolute atomic E-state index is 0.0509. The minimum atomic E-state index is -4.18. The Morgan fingerprint density at radius 3 is 2.48 bits per heavy atom. The van der Waals surface area contributed by atoms with Crippen molar-refractivity contribution < 1.29 is 18.0 Å². The van der Waals surface area contributed by atoms with Gasteiger partial charge in [0.1, 0.15) is 0 Å². The number of carbonyl (C=O) groups excluding carboxylic acids is 1. The highest BCUT2D eigenvalue weighted by Gasteiger charge is 2.41. The number of carbonyl (C=O) groups is 1. The lowest BCUT2D eigenvalue weighted by molar-refractivity contribution is -0.183. The number of amides is 1. The summed E-state index contributed by atoms with van der Waals surface area (Å²) in [6.07, 6.45) is -4.28. The lowest BCUT2D eigenvalue weighted by Crippen LogP contribution is -2.42. The number of nitrogens with zero attached hydrogens (tertiary/aromatic N) is 1. The first-order chi connectivity index (χ1) is 9.82. The quantitative estimate of drug-likeness (QED) is 0.899. The van der Waals surface area contributed by atoms with E-state index in [0.717, 1.165) is 0 Å². The van der Waals surface area contributed by atoms with Gasteiger partial charge in [-0.25, -0.2) is 0 Å². The van der Waals surface area contributed by atoms with Crippen LogP contribution in [-0.4, -0.2) is 37.1 Å². The summed E-state index contributed by atoms with van der Waals surface area (Å²) in [5.74, 6) is -1.60. The lowest BCUT2D eigenvalue weighted by atomic mass is 9.95. The van der Waals surface area contributed by atoms with E-state index < -0.39 is 12.1 Å². The van der Waals surface area contributed by atoms with Crippen molar-refractivity contribution in [2.24, 2.45) is 5.92 Å². The Labute approximate surface area is 126 Å². The zero-order valence-corrected chi connectivity index (χ0v) is 12.3. The molecule has 7 heteroatoms. The fourth-order valence-corrected chi connectivity index (χ4v) is 2.66. The van der Waals surface area contributed by atoms with E-state index in [1.165, 1.54) is 11.0 Å². The van der Waals surface area contributed by atoms with Crippen molar-refractivity contribution >= 4 is 23.2 Å². The summed E-state index contributed by atoms with van der Waals surface area (Å²) in [6, 6.07) is 4.86. The Bertz CT molecular complexity index is 525. The summed E-state index contributed by atoms with van der Waals surface area (Å²) in [5, 5.41) is 3.31. The Balaban J connectivity index is 2.11. The minimum Gasteiger partial charge on any atom is -0.387 e. The van der Waals surface area contributed by atoms with Crippen LogP contribution in [0.5, 0.6) is 0 Å². The third-order valence-electron chi connectivity index (χ3n) is 3.73. The highest BCUT2D eigenvalue weighted by molar-refractivity contribution is 6.31. The molecule has 1 aliphatic rings. The van der Waals surface area contributed by atoms with Crippen molar-refractivity contribution in [3.8, 4) is 0 Å². The molecule has 1 saturated heterocycles. The molecular weight excluding hydrogens is 305 g/mol. The first kappa shape index (κ1) is 15.9. The molecule has 0 radical (unpaired) electrons. The molecule has 0 saturated carbocycles. The molecule has 1 amide bonds. The van der Waals surface area contributed by atoms with E-state index in [-0.39, 0.29) is 31.8 Å². The molecule has 1 aromatic carbocycles. The highest BCUT2D eigenvalue weighted by Crippen LogP contribution is 2.34. The second-order valence-electron chi connectivity index (χ2n) is 5.05. The molecule has 0 unspecified atom stereocenters. The van der Waals surface area contributed by atoms with Gasteiger partial charge in [-0.3, -0.25) is 4.79 Å². The van der Waals surface area contributed by atoms with Crippen LogP contribution in [0.4, 0.5) is 18.9 Å². The maximum Gasteiger partial charge on any atom is 0.391 e. The first-order valence-electron chi connectivity index (χ1n) is 6.66. The number of likely N-dealkylation sites (tertiary alicyclic amines) is 1. The van der Waals surface area contributed by atoms with Gasteiger partial charge in [0, 0.05) is 30.8 Å². The van der Waals surface area contributed by atoms with Gasteiger partial charge in [-0.05, 0) is 31.0 Å². The van der Waals surface area contributed by atoms with Crippen LogP contribution in [-0.2, 0) is 0 Å². The van der Waals surface area contributed by atoms with E-state index in [2.05, 4.69) is 5.32 Å². The molecule has 0 aromatic heterocycles. The van der Waals surface area contributed by atoms with Crippen LogP contribution >= 0.6 is 11.6 Å². The summed E-state index contributed by atoms with van der Waals surface area (Å²) < 4.78 is 37.9. The van der Waals surface area contributed by atoms with Crippen LogP contribution in [0.2, 0.25) is 5.02 Å². The maximum absolute atomic E-state index is 12.6. The molecule has 1 aliphatic heterocycles. The summed E-state index contributed by atoms with van der Waals surface area (Å²) in [7, 11) is 1.68. The topological polar surface area (TPSA) is 32.3 Å². The number of hydrogen-bond acceptors (Lipinski definition) is 2. The van der Waals surface area contributed by atoms with E-state index in [1.54, 1.807) is 19.2 Å². The second kappa shape index (κ2) is 6.13. The monoisotopic (exact) mass is 320 g/mol. The Morgan fingerprint density at radius 1 is 1.33 bits per heavy atom. The number of anilines is 1. The molecule has 0 bridgehead atoms. The molecule has 116 valence electrons. The van der Waals surface area contributed by atoms with Gasteiger partial charge in [-0.1, -0.05) is 11.6 Å². The first-order valence-corrected chi connectivity index (χ1v) is 7.04. The van der Waals surface area contributed by atoms with Crippen molar-refractivity contribution in [3.05, 3.63) is 28.8 Å². The van der Waals surface area contributed by atoms with Crippen molar-refractivity contribution in [1.29, 1.82) is 0 Å². The largest absolute Gasteiger partial charge is 0.391 e. The number of hydrogen-bond donors (Lipinski definition) is 1. The number of benzene rings is 1. The maximum atomic E-state index is 12.6. The van der Waals surface area contributed by atoms with E-state index in [1.807, 2.05) is 0 Å². The summed E-state index contributed by atoms with van der Waals surface area (Å²) in [5.41, 5.74) is 0.998. The van der Waals surface area contributed by atoms with Gasteiger partial charge < -0.3 is 10.2 Å². The van der Waals surface area contributed by atoms with Gasteiger partial charge in [0.25, 0.3) is 5.91 Å². The standard InChI is InChI=1S/C14H16ClF3N2O/c1-19-12-3-2-10(15)8-11(12)13(21)20-6-4-9(5-7-20)14(16,17)18/h2-3,8-9,19H,4-7H2,1H3. The van der Waals surface area contributed by atoms with Crippen LogP contribution in [0, 0.1) is 5.92 Å². The number of nitrogens with one attached hydrogen (secondary N) is 1. The highest BCUT2D eigenvalue weighted by atomic mass is 35.5. The average Bonchev–Trinajstić information content (AvgIpc) is 2.45. The van der Waals surface area contributed by atoms with Gasteiger partial charge in [0.05, 0.1) is 11.5 Å². The second-order valence-corrected chi connectivity index (χ2v) is 5.48. The smallest absolute Gasteiger partial charge is 0.387 e. The molecule has 0 aliphatic carbocycles. The number of rotatable bonds is 2. The van der Waals surface area contributed by atoms with Crippen LogP contribution in [0.1, 0.15) is 23.2 Å². The van der Waals surface area contributed by atoms with Gasteiger partial charge in [0.2, 0.25) is 0 Å². The van der Waals surface area contributed by atoms with Gasteiger partial charge in [0.15, 0.2) is 0 Å². The van der Waals surface area contributed by atoms with E-state index in [0.29, 0.717) is 16.3 Å². The molecule has 21 heavy (non-hydrogen) atoms. The zero-order valence-electron chi connectivity index (χ0n) is 11.5. The van der Waals surface area contributed by atoms with Crippen LogP contribution in [0.25, 0.3) is 0 Å². The lowest BCUT2D eigenvalue weighted by Gasteiger charge is -2.33. The number of alkyl halides is 3. The van der Waals surface area contributed by atoms with E-state index >= 15 is 0 Å². The van der Waals surface area contributed by atoms with E-state index in [9.17, 15) is 18.0 Å². The number of halogens is 4. The third kappa shape index (κ3) is 3.61. The molecule has 2 rings (SSSR count). The van der Waals surface area contributed by atoms with Gasteiger partial charge in [-0.15, -0.1) is 0 Å². The molecular formula is C14H16ClF3N2O. The normalized spacial score (nSPS) is 16.9. The molecule has 1 fully saturated rings. The van der Waals surface area contributed by atoms with Crippen molar-refractivity contribution in [3.63, 3.8) is 0 Å². The summed E-state index contributed by atoms with van der Waals surface area (Å²) >= 11 is 5.89. The average molecular weight is 321 g/mol. The van der Waals surface area contributed by atoms with Gasteiger partial charge >= 0.3 is 6.18 Å². The fraction of sp³-hybridized carbons (Fsp3) is 0.500. The summed E-state index contributed by atoms with van der Waals surface area (Å²) in [4.78, 5) is 13.9. The molecule has 1 aromatic rings. The SMILES string of the molecule is CNc1ccc(Cl)cc1C(=O)N1CCC(C(F)(F)F)CC1. The Morgan fingerprint density at radius 2 is 1.95 bits per heavy atom. The van der Waals surface area contributed by atoms with Gasteiger partial charge in [-0.2, -0.15) is 13.2 Å². The third-order valence-corrected chi connectivity index (χ3v) is 3.96. The van der Waals surface area contributed by atoms with Crippen molar-refractivity contribution in [1.82, 2.24) is 4.90 Å². The zero-order chi connectivity index (χ0) is 15.6. The summed E-state index contributed by atoms with van der Waals surface area (Å²) in [6.45, 7) is 0.220. The molecule has 0 spiro atoms. The van der Waals surface area contributed by atoms with Crippen molar-refractivity contribution in [2.75, 3.05) is 25.5 Å². The predicted octanol–water partition coefficient (Wildman–Crippen LogP) is 3.80. The fourth-order valence-electron chi connectivity index (χ4n) is 2.49. The Hall–Kier alpha value is -1.43. The number of piperidine rings is 1. The molecule has 1 heterocycles. The predicted molar refractivity (Wildman–Crippen MR) is 75.7 cm³/mol. The van der Waals surface area contributed by atoms with Crippen LogP contribution < -0.4 is 5.32 Å². The molecule has 1 N–H and O–H groups in total. The molecule has 0 atom stereocenters. The van der Waals surface area contributed by atoms with E-state index in [4.69, 9.17) is 11.6 Å². The van der Waals surface area contributed by atoms with Crippen LogP contribution in [0.3, 0.4) is 0 Å². The van der Waals surface area contributed by atoms with Crippen molar-refractivity contribution in [2.45, 2.75) is 19.0 Å². The Kier molecular flexibility index (Phi) is 4.66. The molecule has 3 nitrogen and oxygen atoms in total.